The molecule has 0 N–H and O–H groups in total. The molecular weight excluding hydrogens is 390 g/mol. The molecule has 0 aliphatic heterocycles. The Balaban J connectivity index is 1.56. The van der Waals surface area contributed by atoms with Crippen LogP contribution in [0.1, 0.15) is 21.5 Å². The number of carbonyl (C=O) groups is 2. The lowest BCUT2D eigenvalue weighted by Crippen LogP contribution is -2.27. The van der Waals surface area contributed by atoms with Gasteiger partial charge >= 0.3 is 0 Å². The quantitative estimate of drug-likeness (QED) is 0.378. The van der Waals surface area contributed by atoms with Crippen molar-refractivity contribution in [3.63, 3.8) is 0 Å². The van der Waals surface area contributed by atoms with Gasteiger partial charge in [-0.2, -0.15) is 0 Å². The molecule has 3 rings (SSSR count). The van der Waals surface area contributed by atoms with Crippen LogP contribution in [0.2, 0.25) is 0 Å². The minimum atomic E-state index is -0.127. The van der Waals surface area contributed by atoms with Gasteiger partial charge in [0.2, 0.25) is 0 Å². The van der Waals surface area contributed by atoms with Crippen molar-refractivity contribution in [2.75, 3.05) is 20.7 Å². The highest BCUT2D eigenvalue weighted by Crippen LogP contribution is 2.17. The van der Waals surface area contributed by atoms with Crippen LogP contribution < -0.4 is 9.47 Å². The predicted octanol–water partition coefficient (Wildman–Crippen LogP) is 4.63. The van der Waals surface area contributed by atoms with Crippen LogP contribution in [-0.4, -0.2) is 37.3 Å². The van der Waals surface area contributed by atoms with Gasteiger partial charge in [-0.15, -0.1) is 0 Å². The zero-order valence-corrected chi connectivity index (χ0v) is 17.7. The summed E-state index contributed by atoms with van der Waals surface area (Å²) in [5.74, 6) is 1.04. The fourth-order valence-electron chi connectivity index (χ4n) is 2.71. The Kier molecular flexibility index (Phi) is 7.60. The lowest BCUT2D eigenvalue weighted by molar-refractivity contribution is -0.130. The molecule has 0 aliphatic carbocycles. The number of rotatable bonds is 9. The summed E-state index contributed by atoms with van der Waals surface area (Å²) in [5, 5.41) is 0. The summed E-state index contributed by atoms with van der Waals surface area (Å²) < 4.78 is 11.3. The van der Waals surface area contributed by atoms with Crippen LogP contribution in [-0.2, 0) is 11.4 Å². The summed E-state index contributed by atoms with van der Waals surface area (Å²) in [6.07, 6.45) is 3.29. The standard InChI is InChI=1S/C26H25NO4/c1-27(2)26(29)19-31-23-14-12-22(13-15-23)25(28)16-11-20-9-6-10-24(17-20)30-18-21-7-4-3-5-8-21/h3-17H,18-19H2,1-2H3/b16-11+. The zero-order valence-electron chi connectivity index (χ0n) is 17.7. The van der Waals surface area contributed by atoms with Crippen LogP contribution >= 0.6 is 0 Å². The first kappa shape index (κ1) is 21.8. The Hall–Kier alpha value is -3.86. The molecule has 3 aromatic carbocycles. The molecule has 158 valence electrons. The molecule has 5 nitrogen and oxygen atoms in total. The maximum atomic E-state index is 12.5. The van der Waals surface area contributed by atoms with E-state index in [1.165, 1.54) is 11.0 Å². The number of ether oxygens (including phenoxy) is 2. The SMILES string of the molecule is CN(C)C(=O)COc1ccc(C(=O)/C=C/c2cccc(OCc3ccccc3)c2)cc1. The number of carbonyl (C=O) groups excluding carboxylic acids is 2. The van der Waals surface area contributed by atoms with Gasteiger partial charge in [0, 0.05) is 19.7 Å². The van der Waals surface area contributed by atoms with Crippen LogP contribution in [0.3, 0.4) is 0 Å². The van der Waals surface area contributed by atoms with Gasteiger partial charge in [0.05, 0.1) is 0 Å². The minimum absolute atomic E-state index is 0.0388. The molecule has 0 saturated carbocycles. The highest BCUT2D eigenvalue weighted by Gasteiger charge is 2.06. The van der Waals surface area contributed by atoms with Gasteiger partial charge in [0.15, 0.2) is 12.4 Å². The van der Waals surface area contributed by atoms with Crippen molar-refractivity contribution in [1.29, 1.82) is 0 Å². The van der Waals surface area contributed by atoms with Crippen LogP contribution in [0.5, 0.6) is 11.5 Å². The normalized spacial score (nSPS) is 10.6. The van der Waals surface area contributed by atoms with Crippen LogP contribution in [0.25, 0.3) is 6.08 Å². The van der Waals surface area contributed by atoms with Crippen molar-refractivity contribution in [2.45, 2.75) is 6.61 Å². The topological polar surface area (TPSA) is 55.8 Å². The van der Waals surface area contributed by atoms with E-state index >= 15 is 0 Å². The molecule has 0 atom stereocenters. The van der Waals surface area contributed by atoms with E-state index in [9.17, 15) is 9.59 Å². The van der Waals surface area contributed by atoms with Crippen LogP contribution in [0.4, 0.5) is 0 Å². The van der Waals surface area contributed by atoms with Gasteiger partial charge in [-0.05, 0) is 53.6 Å². The van der Waals surface area contributed by atoms with Gasteiger partial charge in [0.25, 0.3) is 5.91 Å². The summed E-state index contributed by atoms with van der Waals surface area (Å²) in [5.41, 5.74) is 2.51. The number of likely N-dealkylation sites (N-methyl/N-ethyl adjacent to an activating group) is 1. The molecule has 0 saturated heterocycles. The van der Waals surface area contributed by atoms with E-state index in [4.69, 9.17) is 9.47 Å². The third-order valence-electron chi connectivity index (χ3n) is 4.53. The fourth-order valence-corrected chi connectivity index (χ4v) is 2.71. The smallest absolute Gasteiger partial charge is 0.259 e. The minimum Gasteiger partial charge on any atom is -0.489 e. The van der Waals surface area contributed by atoms with Gasteiger partial charge in [-0.25, -0.2) is 0 Å². The van der Waals surface area contributed by atoms with E-state index in [1.807, 2.05) is 54.6 Å². The molecule has 31 heavy (non-hydrogen) atoms. The number of hydrogen-bond acceptors (Lipinski definition) is 4. The van der Waals surface area contributed by atoms with E-state index in [1.54, 1.807) is 44.4 Å². The Morgan fingerprint density at radius 3 is 2.29 bits per heavy atom. The lowest BCUT2D eigenvalue weighted by Gasteiger charge is -2.11. The zero-order chi connectivity index (χ0) is 22.1. The molecule has 0 bridgehead atoms. The first-order valence-corrected chi connectivity index (χ1v) is 9.93. The van der Waals surface area contributed by atoms with Crippen molar-refractivity contribution in [3.05, 3.63) is 102 Å². The molecule has 0 radical (unpaired) electrons. The Morgan fingerprint density at radius 1 is 0.839 bits per heavy atom. The second-order valence-corrected chi connectivity index (χ2v) is 7.15. The van der Waals surface area contributed by atoms with E-state index in [0.29, 0.717) is 17.9 Å². The first-order chi connectivity index (χ1) is 15.0. The summed E-state index contributed by atoms with van der Waals surface area (Å²) in [7, 11) is 3.34. The van der Waals surface area contributed by atoms with E-state index in [0.717, 1.165) is 16.9 Å². The number of nitrogens with zero attached hydrogens (tertiary/aromatic N) is 1. The second kappa shape index (κ2) is 10.8. The molecule has 3 aromatic rings. The summed E-state index contributed by atoms with van der Waals surface area (Å²) in [4.78, 5) is 25.5. The lowest BCUT2D eigenvalue weighted by atomic mass is 10.1. The molecule has 0 fully saturated rings. The molecule has 0 unspecified atom stereocenters. The molecular formula is C26H25NO4. The van der Waals surface area contributed by atoms with Gasteiger partial charge in [-0.3, -0.25) is 9.59 Å². The number of benzene rings is 3. The number of hydrogen-bond donors (Lipinski definition) is 0. The van der Waals surface area contributed by atoms with Crippen molar-refractivity contribution < 1.29 is 19.1 Å². The van der Waals surface area contributed by atoms with E-state index < -0.39 is 0 Å². The van der Waals surface area contributed by atoms with Crippen LogP contribution in [0, 0.1) is 0 Å². The maximum absolute atomic E-state index is 12.5. The largest absolute Gasteiger partial charge is 0.489 e. The average Bonchev–Trinajstić information content (AvgIpc) is 2.81. The number of allylic oxidation sites excluding steroid dienone is 1. The fraction of sp³-hybridized carbons (Fsp3) is 0.154. The predicted molar refractivity (Wildman–Crippen MR) is 121 cm³/mol. The summed E-state index contributed by atoms with van der Waals surface area (Å²) in [6, 6.07) is 24.3. The molecule has 0 aliphatic rings. The summed E-state index contributed by atoms with van der Waals surface area (Å²) in [6.45, 7) is 0.449. The van der Waals surface area contributed by atoms with Crippen LogP contribution in [0.15, 0.2) is 84.9 Å². The maximum Gasteiger partial charge on any atom is 0.259 e. The van der Waals surface area contributed by atoms with Gasteiger partial charge in [0.1, 0.15) is 18.1 Å². The van der Waals surface area contributed by atoms with E-state index in [2.05, 4.69) is 0 Å². The van der Waals surface area contributed by atoms with Gasteiger partial charge < -0.3 is 14.4 Å². The van der Waals surface area contributed by atoms with Crippen molar-refractivity contribution in [3.8, 4) is 11.5 Å². The van der Waals surface area contributed by atoms with Crippen molar-refractivity contribution in [2.24, 2.45) is 0 Å². The highest BCUT2D eigenvalue weighted by molar-refractivity contribution is 6.06. The number of ketones is 1. The van der Waals surface area contributed by atoms with Crippen molar-refractivity contribution in [1.82, 2.24) is 4.90 Å². The average molecular weight is 415 g/mol. The Morgan fingerprint density at radius 2 is 1.58 bits per heavy atom. The summed E-state index contributed by atoms with van der Waals surface area (Å²) >= 11 is 0. The Labute approximate surface area is 182 Å². The molecule has 0 heterocycles. The van der Waals surface area contributed by atoms with Crippen molar-refractivity contribution >= 4 is 17.8 Å². The Bertz CT molecular complexity index is 1040. The van der Waals surface area contributed by atoms with Gasteiger partial charge in [-0.1, -0.05) is 48.5 Å². The third kappa shape index (κ3) is 6.85. The first-order valence-electron chi connectivity index (χ1n) is 9.93. The monoisotopic (exact) mass is 415 g/mol. The second-order valence-electron chi connectivity index (χ2n) is 7.15. The third-order valence-corrected chi connectivity index (χ3v) is 4.53. The number of amides is 1. The molecule has 0 spiro atoms. The molecule has 0 aromatic heterocycles. The highest BCUT2D eigenvalue weighted by atomic mass is 16.5. The van der Waals surface area contributed by atoms with E-state index in [-0.39, 0.29) is 18.3 Å². The molecule has 5 heteroatoms. The molecule has 1 amide bonds.